The fourth-order valence-electron chi connectivity index (χ4n) is 5.17. The molecule has 174 valence electrons. The van der Waals surface area contributed by atoms with Crippen molar-refractivity contribution >= 4 is 28.2 Å². The van der Waals surface area contributed by atoms with Crippen LogP contribution in [0.15, 0.2) is 29.5 Å². The van der Waals surface area contributed by atoms with Gasteiger partial charge in [-0.1, -0.05) is 13.0 Å². The number of rotatable bonds is 4. The Balaban J connectivity index is 1.66. The predicted molar refractivity (Wildman–Crippen MR) is 125 cm³/mol. The van der Waals surface area contributed by atoms with Crippen LogP contribution in [0, 0.1) is 25.7 Å². The highest BCUT2D eigenvalue weighted by molar-refractivity contribution is 7.15. The van der Waals surface area contributed by atoms with Crippen molar-refractivity contribution in [3.8, 4) is 11.5 Å². The van der Waals surface area contributed by atoms with Gasteiger partial charge < -0.3 is 14.2 Å². The Hall–Kier alpha value is -2.87. The third-order valence-corrected chi connectivity index (χ3v) is 8.13. The molecule has 1 aliphatic carbocycles. The summed E-state index contributed by atoms with van der Waals surface area (Å²) in [5.74, 6) is 1.26. The number of aromatic nitrogens is 1. The summed E-state index contributed by atoms with van der Waals surface area (Å²) in [4.78, 5) is 34.9. The van der Waals surface area contributed by atoms with Crippen LogP contribution >= 0.6 is 11.3 Å². The number of hydrogen-bond donors (Lipinski definition) is 0. The molecule has 0 bridgehead atoms. The molecule has 7 nitrogen and oxygen atoms in total. The number of aryl methyl sites for hydroxylation is 2. The Morgan fingerprint density at radius 3 is 2.55 bits per heavy atom. The van der Waals surface area contributed by atoms with E-state index in [9.17, 15) is 9.59 Å². The van der Waals surface area contributed by atoms with Gasteiger partial charge in [-0.05, 0) is 56.7 Å². The molecular weight excluding hydrogens is 440 g/mol. The molecule has 1 aromatic carbocycles. The Bertz CT molecular complexity index is 1150. The van der Waals surface area contributed by atoms with E-state index in [4.69, 9.17) is 14.2 Å². The van der Waals surface area contributed by atoms with Crippen LogP contribution in [0.25, 0.3) is 0 Å². The van der Waals surface area contributed by atoms with Crippen LogP contribution in [-0.2, 0) is 14.3 Å². The number of ketones is 1. The third kappa shape index (κ3) is 3.42. The predicted octanol–water partition coefficient (Wildman–Crippen LogP) is 4.52. The minimum absolute atomic E-state index is 0.0217. The molecule has 0 radical (unpaired) electrons. The van der Waals surface area contributed by atoms with Gasteiger partial charge in [0.2, 0.25) is 0 Å². The summed E-state index contributed by atoms with van der Waals surface area (Å²) in [6, 6.07) is 4.88. The molecule has 3 aliphatic rings. The number of benzene rings is 1. The molecule has 33 heavy (non-hydrogen) atoms. The van der Waals surface area contributed by atoms with E-state index in [1.54, 1.807) is 25.2 Å². The molecule has 0 spiro atoms. The third-order valence-electron chi connectivity index (χ3n) is 7.06. The highest BCUT2D eigenvalue weighted by atomic mass is 32.1. The van der Waals surface area contributed by atoms with Gasteiger partial charge in [-0.15, -0.1) is 11.3 Å². The van der Waals surface area contributed by atoms with Crippen molar-refractivity contribution in [1.29, 1.82) is 0 Å². The zero-order chi connectivity index (χ0) is 23.4. The fourth-order valence-corrected chi connectivity index (χ4v) is 6.11. The molecule has 1 aromatic heterocycles. The average molecular weight is 469 g/mol. The molecule has 5 rings (SSSR count). The zero-order valence-corrected chi connectivity index (χ0v) is 20.3. The Morgan fingerprint density at radius 2 is 1.88 bits per heavy atom. The summed E-state index contributed by atoms with van der Waals surface area (Å²) < 4.78 is 17.2. The summed E-state index contributed by atoms with van der Waals surface area (Å²) in [5.41, 5.74) is 2.07. The lowest BCUT2D eigenvalue weighted by molar-refractivity contribution is -0.132. The summed E-state index contributed by atoms with van der Waals surface area (Å²) in [6.07, 6.45) is 2.34. The maximum atomic E-state index is 13.9. The number of amides is 1. The van der Waals surface area contributed by atoms with Crippen LogP contribution in [-0.4, -0.2) is 37.0 Å². The largest absolute Gasteiger partial charge is 0.493 e. The first-order valence-corrected chi connectivity index (χ1v) is 12.1. The molecule has 2 aliphatic heterocycles. The maximum Gasteiger partial charge on any atom is 0.296 e. The standard InChI is InChI=1S/C25H28N2O5S/c1-12-6-8-17-16(10-12)22(28)20-21(15-7-9-18(30-4)19(11-15)31-5)27(24(29)23(20)32-17)25-26-13(2)14(3)33-25/h7,9,11-12,16-17,21H,6,8,10H2,1-5H3. The van der Waals surface area contributed by atoms with Crippen molar-refractivity contribution in [3.05, 3.63) is 45.7 Å². The van der Waals surface area contributed by atoms with E-state index in [0.29, 0.717) is 28.1 Å². The van der Waals surface area contributed by atoms with E-state index in [-0.39, 0.29) is 29.5 Å². The normalized spacial score (nSPS) is 26.8. The smallest absolute Gasteiger partial charge is 0.296 e. The molecule has 2 aromatic rings. The van der Waals surface area contributed by atoms with Gasteiger partial charge in [-0.25, -0.2) is 4.98 Å². The SMILES string of the molecule is COc1ccc(C2C3=C(OC4CCC(C)CC4C3=O)C(=O)N2c2nc(C)c(C)s2)cc1OC. The second-order valence-corrected chi connectivity index (χ2v) is 10.3. The van der Waals surface area contributed by atoms with Crippen LogP contribution in [0.1, 0.15) is 48.4 Å². The van der Waals surface area contributed by atoms with Gasteiger partial charge >= 0.3 is 0 Å². The Labute approximate surface area is 197 Å². The topological polar surface area (TPSA) is 78.0 Å². The van der Waals surface area contributed by atoms with Crippen LogP contribution in [0.3, 0.4) is 0 Å². The van der Waals surface area contributed by atoms with Crippen molar-refractivity contribution in [2.75, 3.05) is 19.1 Å². The second kappa shape index (κ2) is 8.17. The summed E-state index contributed by atoms with van der Waals surface area (Å²) in [5, 5.41) is 0.567. The van der Waals surface area contributed by atoms with E-state index in [1.807, 2.05) is 26.0 Å². The van der Waals surface area contributed by atoms with Gasteiger partial charge in [0.25, 0.3) is 5.91 Å². The number of ether oxygens (including phenoxy) is 3. The van der Waals surface area contributed by atoms with Crippen molar-refractivity contribution in [2.45, 2.75) is 52.2 Å². The number of fused-ring (bicyclic) bond motifs is 1. The van der Waals surface area contributed by atoms with E-state index in [2.05, 4.69) is 11.9 Å². The van der Waals surface area contributed by atoms with Crippen LogP contribution in [0.5, 0.6) is 11.5 Å². The molecule has 3 heterocycles. The van der Waals surface area contributed by atoms with E-state index < -0.39 is 6.04 Å². The zero-order valence-electron chi connectivity index (χ0n) is 19.5. The van der Waals surface area contributed by atoms with Gasteiger partial charge in [-0.2, -0.15) is 0 Å². The van der Waals surface area contributed by atoms with Crippen molar-refractivity contribution in [1.82, 2.24) is 4.98 Å². The van der Waals surface area contributed by atoms with E-state index >= 15 is 0 Å². The first-order valence-electron chi connectivity index (χ1n) is 11.3. The lowest BCUT2D eigenvalue weighted by Gasteiger charge is -2.37. The molecule has 4 unspecified atom stereocenters. The molecular formula is C25H28N2O5S. The van der Waals surface area contributed by atoms with Gasteiger partial charge in [0.15, 0.2) is 28.2 Å². The van der Waals surface area contributed by atoms with Gasteiger partial charge in [0.05, 0.1) is 37.4 Å². The van der Waals surface area contributed by atoms with Gasteiger partial charge in [-0.3, -0.25) is 14.5 Å². The number of Topliss-reactive ketones (excluding diaryl/α,β-unsaturated/α-hetero) is 1. The van der Waals surface area contributed by atoms with Crippen molar-refractivity contribution in [2.24, 2.45) is 11.8 Å². The van der Waals surface area contributed by atoms with E-state index in [1.165, 1.54) is 11.3 Å². The second-order valence-electron chi connectivity index (χ2n) is 9.12. The number of anilines is 1. The van der Waals surface area contributed by atoms with Crippen LogP contribution in [0.2, 0.25) is 0 Å². The number of methoxy groups -OCH3 is 2. The molecule has 1 fully saturated rings. The minimum Gasteiger partial charge on any atom is -0.493 e. The number of carbonyl (C=O) groups is 2. The summed E-state index contributed by atoms with van der Waals surface area (Å²) in [6.45, 7) is 6.08. The van der Waals surface area contributed by atoms with Gasteiger partial charge in [0, 0.05) is 4.88 Å². The first kappa shape index (κ1) is 21.9. The monoisotopic (exact) mass is 468 g/mol. The minimum atomic E-state index is -0.622. The number of thiazole rings is 1. The lowest BCUT2D eigenvalue weighted by atomic mass is 9.74. The molecule has 1 saturated carbocycles. The fraction of sp³-hybridized carbons (Fsp3) is 0.480. The summed E-state index contributed by atoms with van der Waals surface area (Å²) in [7, 11) is 3.15. The maximum absolute atomic E-state index is 13.9. The molecule has 4 atom stereocenters. The average Bonchev–Trinajstić information content (AvgIpc) is 3.29. The highest BCUT2D eigenvalue weighted by Gasteiger charge is 2.53. The Kier molecular flexibility index (Phi) is 5.43. The summed E-state index contributed by atoms with van der Waals surface area (Å²) >= 11 is 1.45. The van der Waals surface area contributed by atoms with Crippen LogP contribution in [0.4, 0.5) is 5.13 Å². The quantitative estimate of drug-likeness (QED) is 0.656. The molecule has 0 saturated heterocycles. The van der Waals surface area contributed by atoms with Crippen molar-refractivity contribution < 1.29 is 23.8 Å². The molecule has 1 amide bonds. The van der Waals surface area contributed by atoms with E-state index in [0.717, 1.165) is 35.4 Å². The van der Waals surface area contributed by atoms with Gasteiger partial charge in [0.1, 0.15) is 6.10 Å². The number of carbonyl (C=O) groups excluding carboxylic acids is 2. The van der Waals surface area contributed by atoms with Crippen LogP contribution < -0.4 is 14.4 Å². The lowest BCUT2D eigenvalue weighted by Crippen LogP contribution is -2.41. The highest BCUT2D eigenvalue weighted by Crippen LogP contribution is 2.50. The molecule has 8 heteroatoms. The van der Waals surface area contributed by atoms with Crippen molar-refractivity contribution in [3.63, 3.8) is 0 Å². The Morgan fingerprint density at radius 1 is 1.12 bits per heavy atom. The number of nitrogens with zero attached hydrogens (tertiary/aromatic N) is 2. The molecule has 0 N–H and O–H groups in total. The number of hydrogen-bond acceptors (Lipinski definition) is 7. The first-order chi connectivity index (χ1) is 15.8.